The predicted octanol–water partition coefficient (Wildman–Crippen LogP) is 0.00690. The number of likely N-dealkylation sites (N-methyl/N-ethyl adjacent to an activating group) is 2. The fraction of sp³-hybridized carbons (Fsp3) is 0.643. The number of urea groups is 1. The Morgan fingerprint density at radius 2 is 1.77 bits per heavy atom. The molecule has 3 rings (SSSR count). The van der Waals surface area contributed by atoms with Gasteiger partial charge in [-0.3, -0.25) is 14.6 Å². The van der Waals surface area contributed by atoms with Gasteiger partial charge in [0.15, 0.2) is 0 Å². The summed E-state index contributed by atoms with van der Waals surface area (Å²) in [4.78, 5) is 31.7. The number of aliphatic imine (C=N–C) groups is 1. The van der Waals surface area contributed by atoms with Crippen molar-refractivity contribution in [3.63, 3.8) is 0 Å². The Hall–Kier alpha value is -2.25. The Labute approximate surface area is 129 Å². The summed E-state index contributed by atoms with van der Waals surface area (Å²) in [5.74, 6) is 0.831. The van der Waals surface area contributed by atoms with E-state index in [9.17, 15) is 9.59 Å². The van der Waals surface area contributed by atoms with Crippen LogP contribution in [0.4, 0.5) is 4.79 Å². The van der Waals surface area contributed by atoms with Crippen LogP contribution in [0.2, 0.25) is 0 Å². The molecule has 0 radical (unpaired) electrons. The van der Waals surface area contributed by atoms with Gasteiger partial charge in [0.2, 0.25) is 11.9 Å². The molecule has 0 spiro atoms. The average molecular weight is 305 g/mol. The second kappa shape index (κ2) is 4.37. The Morgan fingerprint density at radius 1 is 1.14 bits per heavy atom. The fourth-order valence-corrected chi connectivity index (χ4v) is 2.81. The van der Waals surface area contributed by atoms with Crippen LogP contribution in [0.15, 0.2) is 10.1 Å². The number of hydrazone groups is 1. The number of rotatable bonds is 0. The lowest BCUT2D eigenvalue weighted by Gasteiger charge is -2.33. The van der Waals surface area contributed by atoms with Crippen molar-refractivity contribution >= 4 is 29.4 Å². The molecule has 0 aromatic heterocycles. The van der Waals surface area contributed by atoms with Crippen LogP contribution < -0.4 is 0 Å². The molecule has 0 saturated carbocycles. The van der Waals surface area contributed by atoms with Gasteiger partial charge in [-0.1, -0.05) is 25.8 Å². The van der Waals surface area contributed by atoms with Crippen LogP contribution in [0.25, 0.3) is 0 Å². The van der Waals surface area contributed by atoms with Gasteiger partial charge in [-0.25, -0.2) is 9.37 Å². The van der Waals surface area contributed by atoms with E-state index in [1.54, 1.807) is 12.1 Å². The molecule has 1 fully saturated rings. The topological polar surface area (TPSA) is 71.6 Å². The number of carbonyl (C=O) groups is 2. The molecule has 3 amide bonds. The first-order valence-electron chi connectivity index (χ1n) is 7.22. The van der Waals surface area contributed by atoms with Crippen molar-refractivity contribution < 1.29 is 14.2 Å². The zero-order chi connectivity index (χ0) is 16.4. The number of nitrogens with zero attached hydrogens (tertiary/aromatic N) is 6. The molecule has 8 nitrogen and oxygen atoms in total. The molecule has 0 bridgehead atoms. The van der Waals surface area contributed by atoms with Gasteiger partial charge in [0.1, 0.15) is 6.54 Å². The third-order valence-electron chi connectivity index (χ3n) is 4.26. The van der Waals surface area contributed by atoms with E-state index in [2.05, 4.69) is 30.9 Å². The molecule has 3 aliphatic heterocycles. The van der Waals surface area contributed by atoms with E-state index >= 15 is 0 Å². The van der Waals surface area contributed by atoms with Gasteiger partial charge in [0, 0.05) is 19.5 Å². The molecule has 0 aliphatic carbocycles. The Balaban J connectivity index is 2.03. The monoisotopic (exact) mass is 305 g/mol. The van der Waals surface area contributed by atoms with Crippen LogP contribution in [0.5, 0.6) is 0 Å². The molecule has 0 aromatic carbocycles. The fourth-order valence-electron chi connectivity index (χ4n) is 2.81. The third-order valence-corrected chi connectivity index (χ3v) is 4.26. The number of imide groups is 1. The summed E-state index contributed by atoms with van der Waals surface area (Å²) in [6.45, 7) is 6.80. The lowest BCUT2D eigenvalue weighted by molar-refractivity contribution is -0.528. The van der Waals surface area contributed by atoms with E-state index in [4.69, 9.17) is 0 Å². The van der Waals surface area contributed by atoms with Crippen molar-refractivity contribution in [2.24, 2.45) is 15.5 Å². The number of hydrogen-bond acceptors (Lipinski definition) is 5. The summed E-state index contributed by atoms with van der Waals surface area (Å²) < 4.78 is 1.92. The molecule has 22 heavy (non-hydrogen) atoms. The van der Waals surface area contributed by atoms with Gasteiger partial charge in [0.25, 0.3) is 5.91 Å². The molecule has 8 heteroatoms. The molecule has 3 heterocycles. The number of fused-ring (bicyclic) bond motifs is 2. The highest BCUT2D eigenvalue weighted by Gasteiger charge is 2.53. The SMILES string of the molecule is CN1N=C(C(C)(C)C)C[N+]2=C1N=C1C2C(=O)N(C)C(=O)N1C. The minimum absolute atomic E-state index is 0.103. The molecule has 1 atom stereocenters. The second-order valence-corrected chi connectivity index (χ2v) is 6.86. The molecule has 1 saturated heterocycles. The third kappa shape index (κ3) is 1.86. The maximum absolute atomic E-state index is 12.6. The van der Waals surface area contributed by atoms with E-state index in [0.29, 0.717) is 18.3 Å². The largest absolute Gasteiger partial charge is 0.416 e. The first kappa shape index (κ1) is 14.7. The quantitative estimate of drug-likeness (QED) is 0.592. The molecular formula is C14H21N6O2+. The number of hydrogen-bond donors (Lipinski definition) is 0. The van der Waals surface area contributed by atoms with E-state index in [0.717, 1.165) is 10.6 Å². The summed E-state index contributed by atoms with van der Waals surface area (Å²) in [7, 11) is 4.95. The summed E-state index contributed by atoms with van der Waals surface area (Å²) in [5.41, 5.74) is 0.874. The van der Waals surface area contributed by atoms with E-state index in [1.807, 2.05) is 11.6 Å². The number of amidine groups is 1. The van der Waals surface area contributed by atoms with Gasteiger partial charge in [-0.05, 0) is 0 Å². The first-order chi connectivity index (χ1) is 10.1. The first-order valence-corrected chi connectivity index (χ1v) is 7.22. The van der Waals surface area contributed by atoms with Crippen molar-refractivity contribution in [1.29, 1.82) is 0 Å². The van der Waals surface area contributed by atoms with Crippen molar-refractivity contribution in [3.05, 3.63) is 0 Å². The van der Waals surface area contributed by atoms with Crippen molar-refractivity contribution in [3.8, 4) is 0 Å². The van der Waals surface area contributed by atoms with Gasteiger partial charge in [0.05, 0.1) is 12.8 Å². The van der Waals surface area contributed by atoms with Crippen LogP contribution in [-0.4, -0.2) is 82.6 Å². The van der Waals surface area contributed by atoms with Crippen molar-refractivity contribution in [2.75, 3.05) is 27.7 Å². The van der Waals surface area contributed by atoms with Crippen molar-refractivity contribution in [1.82, 2.24) is 14.8 Å². The molecule has 1 unspecified atom stereocenters. The Kier molecular flexibility index (Phi) is 2.92. The molecular weight excluding hydrogens is 284 g/mol. The van der Waals surface area contributed by atoms with Crippen LogP contribution in [-0.2, 0) is 4.79 Å². The van der Waals surface area contributed by atoms with Gasteiger partial charge >= 0.3 is 12.0 Å². The summed E-state index contributed by atoms with van der Waals surface area (Å²) in [6, 6.07) is -0.918. The smallest absolute Gasteiger partial charge is 0.270 e. The minimum Gasteiger partial charge on any atom is -0.270 e. The highest BCUT2D eigenvalue weighted by Crippen LogP contribution is 2.25. The summed E-state index contributed by atoms with van der Waals surface area (Å²) in [6.07, 6.45) is 0. The normalized spacial score (nSPS) is 25.4. The maximum atomic E-state index is 12.6. The van der Waals surface area contributed by atoms with Gasteiger partial charge < -0.3 is 0 Å². The van der Waals surface area contributed by atoms with Crippen LogP contribution in [0, 0.1) is 5.41 Å². The van der Waals surface area contributed by atoms with Crippen LogP contribution in [0.3, 0.4) is 0 Å². The standard InChI is InChI=1S/C14H21N6O2/c1-14(2,3)8-7-20-9-10(15-12(20)19(6)16-8)17(4)13(22)18(5)11(9)21/h9H,7H2,1-6H3/q+1. The summed E-state index contributed by atoms with van der Waals surface area (Å²) >= 11 is 0. The maximum Gasteiger partial charge on any atom is 0.416 e. The van der Waals surface area contributed by atoms with Crippen molar-refractivity contribution in [2.45, 2.75) is 26.8 Å². The van der Waals surface area contributed by atoms with E-state index in [-0.39, 0.29) is 17.4 Å². The molecule has 0 aromatic rings. The predicted molar refractivity (Wildman–Crippen MR) is 81.9 cm³/mol. The zero-order valence-corrected chi connectivity index (χ0v) is 13.8. The summed E-state index contributed by atoms with van der Waals surface area (Å²) in [5, 5.41) is 6.26. The average Bonchev–Trinajstić information content (AvgIpc) is 2.82. The highest BCUT2D eigenvalue weighted by atomic mass is 16.2. The molecule has 3 aliphatic rings. The van der Waals surface area contributed by atoms with Gasteiger partial charge in [-0.15, -0.1) is 10.1 Å². The minimum atomic E-state index is -0.557. The lowest BCUT2D eigenvalue weighted by atomic mass is 9.89. The highest BCUT2D eigenvalue weighted by molar-refractivity contribution is 6.23. The number of amides is 3. The lowest BCUT2D eigenvalue weighted by Crippen LogP contribution is -2.62. The zero-order valence-electron chi connectivity index (χ0n) is 13.8. The molecule has 0 N–H and O–H groups in total. The Morgan fingerprint density at radius 3 is 2.36 bits per heavy atom. The van der Waals surface area contributed by atoms with E-state index in [1.165, 1.54) is 11.9 Å². The Bertz CT molecular complexity index is 669. The number of guanidine groups is 1. The van der Waals surface area contributed by atoms with E-state index < -0.39 is 6.04 Å². The van der Waals surface area contributed by atoms with Gasteiger partial charge in [-0.2, -0.15) is 0 Å². The van der Waals surface area contributed by atoms with Crippen LogP contribution in [0.1, 0.15) is 20.8 Å². The second-order valence-electron chi connectivity index (χ2n) is 6.86. The van der Waals surface area contributed by atoms with Crippen LogP contribution >= 0.6 is 0 Å². The number of carbonyl (C=O) groups excluding carboxylic acids is 2. The molecule has 118 valence electrons.